The first-order chi connectivity index (χ1) is 9.59. The van der Waals surface area contributed by atoms with E-state index in [-0.39, 0.29) is 0 Å². The summed E-state index contributed by atoms with van der Waals surface area (Å²) in [6, 6.07) is 0. The highest BCUT2D eigenvalue weighted by Gasteiger charge is 2.34. The van der Waals surface area contributed by atoms with Gasteiger partial charge >= 0.3 is 0 Å². The topological polar surface area (TPSA) is 0 Å². The van der Waals surface area contributed by atoms with Crippen molar-refractivity contribution in [3.63, 3.8) is 0 Å². The summed E-state index contributed by atoms with van der Waals surface area (Å²) >= 11 is 0. The van der Waals surface area contributed by atoms with Gasteiger partial charge in [-0.3, -0.25) is 0 Å². The Morgan fingerprint density at radius 2 is 1.29 bits per heavy atom. The van der Waals surface area contributed by atoms with Crippen LogP contribution in [0.25, 0.3) is 0 Å². The lowest BCUT2D eigenvalue weighted by molar-refractivity contribution is 0.383. The Morgan fingerprint density at radius 1 is 0.857 bits per heavy atom. The predicted molar refractivity (Wildman–Crippen MR) is 76.6 cm³/mol. The molecule has 0 nitrogen and oxygen atoms in total. The van der Waals surface area contributed by atoms with Gasteiger partial charge in [-0.25, -0.2) is 22.0 Å². The van der Waals surface area contributed by atoms with E-state index in [1.54, 1.807) is 24.9 Å². The van der Waals surface area contributed by atoms with Gasteiger partial charge in [0.2, 0.25) is 5.82 Å². The van der Waals surface area contributed by atoms with Crippen LogP contribution < -0.4 is 5.19 Å². The molecule has 1 rings (SSSR count). The van der Waals surface area contributed by atoms with E-state index >= 15 is 0 Å². The summed E-state index contributed by atoms with van der Waals surface area (Å²) in [5.41, 5.74) is 1.62. The van der Waals surface area contributed by atoms with Crippen molar-refractivity contribution in [2.45, 2.75) is 39.8 Å². The van der Waals surface area contributed by atoms with E-state index in [2.05, 4.69) is 0 Å². The van der Waals surface area contributed by atoms with Crippen LogP contribution in [0, 0.1) is 35.0 Å². The van der Waals surface area contributed by atoms with Crippen LogP contribution in [0.5, 0.6) is 0 Å². The third-order valence-corrected chi connectivity index (χ3v) is 6.10. The molecule has 0 fully saturated rings. The lowest BCUT2D eigenvalue weighted by atomic mass is 10.1. The highest BCUT2D eigenvalue weighted by molar-refractivity contribution is 6.94. The monoisotopic (exact) mass is 322 g/mol. The fourth-order valence-corrected chi connectivity index (χ4v) is 4.33. The molecule has 0 bridgehead atoms. The van der Waals surface area contributed by atoms with Crippen molar-refractivity contribution in [3.8, 4) is 0 Å². The van der Waals surface area contributed by atoms with Crippen molar-refractivity contribution < 1.29 is 22.0 Å². The van der Waals surface area contributed by atoms with Gasteiger partial charge in [0.25, 0.3) is 0 Å². The summed E-state index contributed by atoms with van der Waals surface area (Å²) in [5, 5.41) is -0.667. The molecule has 0 atom stereocenters. The molecule has 1 aromatic rings. The van der Waals surface area contributed by atoms with Crippen molar-refractivity contribution in [1.29, 1.82) is 0 Å². The summed E-state index contributed by atoms with van der Waals surface area (Å²) in [5.74, 6) is -8.80. The van der Waals surface area contributed by atoms with E-state index in [0.717, 1.165) is 6.42 Å². The number of allylic oxidation sites excluding steroid dienone is 1. The normalized spacial score (nSPS) is 12.7. The molecule has 0 aliphatic carbocycles. The van der Waals surface area contributed by atoms with E-state index in [9.17, 15) is 22.0 Å². The van der Waals surface area contributed by atoms with Crippen LogP contribution in [-0.4, -0.2) is 8.07 Å². The molecular weight excluding hydrogens is 303 g/mol. The number of rotatable bonds is 5. The number of hydrogen-bond donors (Lipinski definition) is 0. The van der Waals surface area contributed by atoms with E-state index in [1.807, 2.05) is 13.8 Å². The summed E-state index contributed by atoms with van der Waals surface area (Å²) in [6.45, 7) is 7.19. The molecule has 0 saturated carbocycles. The van der Waals surface area contributed by atoms with Crippen LogP contribution in [0.15, 0.2) is 11.8 Å². The van der Waals surface area contributed by atoms with Gasteiger partial charge in [-0.2, -0.15) is 0 Å². The maximum absolute atomic E-state index is 13.8. The molecule has 0 saturated heterocycles. The maximum Gasteiger partial charge on any atom is 0.200 e. The Labute approximate surface area is 122 Å². The third kappa shape index (κ3) is 3.93. The predicted octanol–water partition coefficient (Wildman–Crippen LogP) is 4.83. The van der Waals surface area contributed by atoms with Crippen molar-refractivity contribution in [3.05, 3.63) is 40.9 Å². The van der Waals surface area contributed by atoms with Crippen LogP contribution in [-0.2, 0) is 0 Å². The largest absolute Gasteiger partial charge is 0.204 e. The molecule has 0 N–H and O–H groups in total. The minimum atomic E-state index is -2.90. The average molecular weight is 322 g/mol. The summed E-state index contributed by atoms with van der Waals surface area (Å²) in [6.07, 6.45) is 3.38. The van der Waals surface area contributed by atoms with E-state index in [0.29, 0.717) is 12.3 Å². The fraction of sp³-hybridized carbons (Fsp3) is 0.467. The first kappa shape index (κ1) is 17.9. The molecular formula is C15H19F5Si. The third-order valence-electron chi connectivity index (χ3n) is 3.30. The van der Waals surface area contributed by atoms with E-state index < -0.39 is 42.3 Å². The van der Waals surface area contributed by atoms with Gasteiger partial charge in [-0.1, -0.05) is 38.7 Å². The van der Waals surface area contributed by atoms with Crippen molar-refractivity contribution in [2.24, 2.45) is 5.92 Å². The number of hydrogen-bond acceptors (Lipinski definition) is 0. The molecule has 0 aromatic heterocycles. The second kappa shape index (κ2) is 6.73. The van der Waals surface area contributed by atoms with Gasteiger partial charge in [0, 0.05) is 5.19 Å². The summed E-state index contributed by atoms with van der Waals surface area (Å²) < 4.78 is 67.2. The second-order valence-corrected chi connectivity index (χ2v) is 10.3. The van der Waals surface area contributed by atoms with Gasteiger partial charge in [0.1, 0.15) is 8.07 Å². The maximum atomic E-state index is 13.8. The quantitative estimate of drug-likeness (QED) is 0.315. The zero-order chi connectivity index (χ0) is 16.4. The average Bonchev–Trinajstić information content (AvgIpc) is 2.39. The molecule has 1 aromatic carbocycles. The van der Waals surface area contributed by atoms with E-state index in [4.69, 9.17) is 0 Å². The minimum absolute atomic E-state index is 0.480. The van der Waals surface area contributed by atoms with Gasteiger partial charge in [0.05, 0.1) is 0 Å². The van der Waals surface area contributed by atoms with Gasteiger partial charge in [-0.15, -0.1) is 0 Å². The van der Waals surface area contributed by atoms with Crippen LogP contribution in [0.3, 0.4) is 0 Å². The molecule has 0 radical (unpaired) electrons. The van der Waals surface area contributed by atoms with E-state index in [1.165, 1.54) is 0 Å². The lowest BCUT2D eigenvalue weighted by Gasteiger charge is -2.21. The van der Waals surface area contributed by atoms with Crippen molar-refractivity contribution >= 4 is 13.3 Å². The Hall–Kier alpha value is -1.17. The number of halogens is 5. The molecule has 118 valence electrons. The first-order valence-electron chi connectivity index (χ1n) is 6.79. The number of benzene rings is 1. The van der Waals surface area contributed by atoms with Crippen LogP contribution >= 0.6 is 0 Å². The Bertz CT molecular complexity index is 520. The SMILES string of the molecule is CC(C)CC/C=C/[Si](C)(C)c1c(F)c(F)c(F)c(F)c1F. The van der Waals surface area contributed by atoms with Crippen molar-refractivity contribution in [2.75, 3.05) is 0 Å². The molecule has 0 amide bonds. The minimum Gasteiger partial charge on any atom is -0.204 e. The molecule has 21 heavy (non-hydrogen) atoms. The standard InChI is InChI=1S/C15H19F5Si/c1-9(2)7-5-6-8-21(3,4)15-13(19)11(17)10(16)12(18)14(15)20/h6,8-9H,5,7H2,1-4H3/b8-6+. The second-order valence-electron chi connectivity index (χ2n) is 6.04. The Morgan fingerprint density at radius 3 is 1.71 bits per heavy atom. The molecule has 6 heteroatoms. The summed E-state index contributed by atoms with van der Waals surface area (Å²) in [4.78, 5) is 0. The van der Waals surface area contributed by atoms with Gasteiger partial charge in [-0.05, 0) is 18.8 Å². The Kier molecular flexibility index (Phi) is 5.73. The fourth-order valence-electron chi connectivity index (χ4n) is 2.06. The van der Waals surface area contributed by atoms with Crippen LogP contribution in [0.4, 0.5) is 22.0 Å². The molecule has 0 heterocycles. The molecule has 0 spiro atoms. The lowest BCUT2D eigenvalue weighted by Crippen LogP contribution is -2.45. The smallest absolute Gasteiger partial charge is 0.200 e. The van der Waals surface area contributed by atoms with Crippen LogP contribution in [0.1, 0.15) is 26.7 Å². The van der Waals surface area contributed by atoms with Crippen molar-refractivity contribution in [1.82, 2.24) is 0 Å². The highest BCUT2D eigenvalue weighted by Crippen LogP contribution is 2.20. The van der Waals surface area contributed by atoms with Gasteiger partial charge < -0.3 is 0 Å². The van der Waals surface area contributed by atoms with Crippen LogP contribution in [0.2, 0.25) is 13.1 Å². The Balaban J connectivity index is 3.20. The highest BCUT2D eigenvalue weighted by atomic mass is 28.3. The summed E-state index contributed by atoms with van der Waals surface area (Å²) in [7, 11) is -2.90. The molecule has 0 aliphatic rings. The first-order valence-corrected chi connectivity index (χ1v) is 9.87. The van der Waals surface area contributed by atoms with Gasteiger partial charge in [0.15, 0.2) is 23.3 Å². The zero-order valence-electron chi connectivity index (χ0n) is 12.5. The molecule has 0 unspecified atom stereocenters. The molecule has 0 aliphatic heterocycles. The zero-order valence-corrected chi connectivity index (χ0v) is 13.5.